The van der Waals surface area contributed by atoms with E-state index in [0.29, 0.717) is 17.1 Å². The standard InChI is InChI=1S/C22H18N2O4/c25-21(15-17-6-2-1-3-7-17)24-23-16-18-8-4-9-20(14-18)28-22(26)12-11-19-10-5-13-27-19/h1-14,16H,15H2,(H,24,25). The van der Waals surface area contributed by atoms with Crippen LogP contribution in [0.15, 0.2) is 88.6 Å². The van der Waals surface area contributed by atoms with Gasteiger partial charge < -0.3 is 9.15 Å². The fourth-order valence-corrected chi connectivity index (χ4v) is 2.34. The van der Waals surface area contributed by atoms with Crippen molar-refractivity contribution in [1.29, 1.82) is 0 Å². The van der Waals surface area contributed by atoms with Gasteiger partial charge in [0.2, 0.25) is 5.91 Å². The molecule has 1 amide bonds. The average molecular weight is 374 g/mol. The Morgan fingerprint density at radius 2 is 1.89 bits per heavy atom. The predicted octanol–water partition coefficient (Wildman–Crippen LogP) is 3.59. The van der Waals surface area contributed by atoms with Crippen LogP contribution in [-0.2, 0) is 16.0 Å². The van der Waals surface area contributed by atoms with Gasteiger partial charge in [-0.2, -0.15) is 5.10 Å². The maximum atomic E-state index is 11.9. The monoisotopic (exact) mass is 374 g/mol. The van der Waals surface area contributed by atoms with Gasteiger partial charge in [-0.1, -0.05) is 42.5 Å². The summed E-state index contributed by atoms with van der Waals surface area (Å²) in [5.74, 6) is 0.187. The lowest BCUT2D eigenvalue weighted by atomic mass is 10.1. The van der Waals surface area contributed by atoms with E-state index in [1.54, 1.807) is 36.4 Å². The number of ether oxygens (including phenoxy) is 1. The second-order valence-electron chi connectivity index (χ2n) is 5.80. The van der Waals surface area contributed by atoms with Gasteiger partial charge in [0.25, 0.3) is 0 Å². The second-order valence-corrected chi connectivity index (χ2v) is 5.80. The first-order chi connectivity index (χ1) is 13.7. The maximum Gasteiger partial charge on any atom is 0.336 e. The van der Waals surface area contributed by atoms with Gasteiger partial charge in [0, 0.05) is 6.08 Å². The molecular formula is C22H18N2O4. The Labute approximate surface area is 162 Å². The lowest BCUT2D eigenvalue weighted by Gasteiger charge is -2.02. The van der Waals surface area contributed by atoms with Gasteiger partial charge >= 0.3 is 5.97 Å². The van der Waals surface area contributed by atoms with E-state index in [-0.39, 0.29) is 12.3 Å². The number of carbonyl (C=O) groups excluding carboxylic acids is 2. The molecule has 0 unspecified atom stereocenters. The van der Waals surface area contributed by atoms with Crippen LogP contribution in [0, 0.1) is 0 Å². The van der Waals surface area contributed by atoms with Crippen molar-refractivity contribution in [3.63, 3.8) is 0 Å². The number of amides is 1. The SMILES string of the molecule is O=C(Cc1ccccc1)NN=Cc1cccc(OC(=O)C=Cc2ccco2)c1. The fraction of sp³-hybridized carbons (Fsp3) is 0.0455. The minimum atomic E-state index is -0.526. The molecule has 0 aliphatic carbocycles. The van der Waals surface area contributed by atoms with E-state index in [1.165, 1.54) is 24.6 Å². The Kier molecular flexibility index (Phi) is 6.52. The molecule has 0 spiro atoms. The van der Waals surface area contributed by atoms with E-state index in [1.807, 2.05) is 30.3 Å². The molecule has 0 fully saturated rings. The molecule has 0 radical (unpaired) electrons. The molecule has 0 atom stereocenters. The topological polar surface area (TPSA) is 80.9 Å². The third-order valence-corrected chi connectivity index (χ3v) is 3.61. The van der Waals surface area contributed by atoms with Crippen LogP contribution in [0.2, 0.25) is 0 Å². The van der Waals surface area contributed by atoms with Crippen LogP contribution in [0.5, 0.6) is 5.75 Å². The van der Waals surface area contributed by atoms with Crippen molar-refractivity contribution in [3.8, 4) is 5.75 Å². The Balaban J connectivity index is 1.52. The molecule has 3 rings (SSSR count). The van der Waals surface area contributed by atoms with Gasteiger partial charge in [-0.15, -0.1) is 0 Å². The zero-order valence-electron chi connectivity index (χ0n) is 14.9. The van der Waals surface area contributed by atoms with Gasteiger partial charge in [-0.3, -0.25) is 4.79 Å². The number of rotatable bonds is 7. The molecule has 6 nitrogen and oxygen atoms in total. The van der Waals surface area contributed by atoms with Gasteiger partial charge in [-0.05, 0) is 41.5 Å². The third-order valence-electron chi connectivity index (χ3n) is 3.61. The first-order valence-corrected chi connectivity index (χ1v) is 8.58. The summed E-state index contributed by atoms with van der Waals surface area (Å²) in [6, 6.07) is 19.7. The molecule has 2 aromatic carbocycles. The number of nitrogens with one attached hydrogen (secondary N) is 1. The highest BCUT2D eigenvalue weighted by atomic mass is 16.5. The number of nitrogens with zero attached hydrogens (tertiary/aromatic N) is 1. The summed E-state index contributed by atoms with van der Waals surface area (Å²) >= 11 is 0. The van der Waals surface area contributed by atoms with Gasteiger partial charge in [0.05, 0.1) is 18.9 Å². The Morgan fingerprint density at radius 3 is 2.68 bits per heavy atom. The van der Waals surface area contributed by atoms with Crippen molar-refractivity contribution in [2.75, 3.05) is 0 Å². The minimum Gasteiger partial charge on any atom is -0.465 e. The molecule has 140 valence electrons. The number of furan rings is 1. The first-order valence-electron chi connectivity index (χ1n) is 8.58. The number of benzene rings is 2. The highest BCUT2D eigenvalue weighted by Gasteiger charge is 2.03. The summed E-state index contributed by atoms with van der Waals surface area (Å²) in [7, 11) is 0. The van der Waals surface area contributed by atoms with Crippen molar-refractivity contribution in [1.82, 2.24) is 5.43 Å². The van der Waals surface area contributed by atoms with E-state index >= 15 is 0 Å². The van der Waals surface area contributed by atoms with Crippen molar-refractivity contribution in [2.45, 2.75) is 6.42 Å². The van der Waals surface area contributed by atoms with Crippen LogP contribution < -0.4 is 10.2 Å². The van der Waals surface area contributed by atoms with Crippen LogP contribution in [0.25, 0.3) is 6.08 Å². The second kappa shape index (κ2) is 9.68. The Morgan fingerprint density at radius 1 is 1.04 bits per heavy atom. The molecule has 0 bridgehead atoms. The summed E-state index contributed by atoms with van der Waals surface area (Å²) in [6.07, 6.45) is 6.06. The van der Waals surface area contributed by atoms with Gasteiger partial charge in [0.15, 0.2) is 0 Å². The summed E-state index contributed by atoms with van der Waals surface area (Å²) < 4.78 is 10.4. The molecule has 0 aliphatic heterocycles. The predicted molar refractivity (Wildman–Crippen MR) is 106 cm³/mol. The average Bonchev–Trinajstić information content (AvgIpc) is 3.21. The third kappa shape index (κ3) is 6.10. The number of carbonyl (C=O) groups is 2. The van der Waals surface area contributed by atoms with Gasteiger partial charge in [0.1, 0.15) is 11.5 Å². The van der Waals surface area contributed by atoms with Crippen LogP contribution in [0.3, 0.4) is 0 Å². The Hall–Kier alpha value is -3.93. The largest absolute Gasteiger partial charge is 0.465 e. The number of hydrogen-bond donors (Lipinski definition) is 1. The lowest BCUT2D eigenvalue weighted by molar-refractivity contribution is -0.129. The zero-order chi connectivity index (χ0) is 19.6. The van der Waals surface area contributed by atoms with E-state index in [2.05, 4.69) is 10.5 Å². The highest BCUT2D eigenvalue weighted by Crippen LogP contribution is 2.13. The minimum absolute atomic E-state index is 0.215. The van der Waals surface area contributed by atoms with Crippen molar-refractivity contribution >= 4 is 24.2 Å². The molecule has 1 heterocycles. The quantitative estimate of drug-likeness (QED) is 0.225. The normalized spacial score (nSPS) is 11.0. The van der Waals surface area contributed by atoms with Gasteiger partial charge in [-0.25, -0.2) is 10.2 Å². The molecule has 28 heavy (non-hydrogen) atoms. The number of esters is 1. The molecule has 6 heteroatoms. The van der Waals surface area contributed by atoms with E-state index in [9.17, 15) is 9.59 Å². The van der Waals surface area contributed by atoms with Crippen LogP contribution >= 0.6 is 0 Å². The molecule has 3 aromatic rings. The van der Waals surface area contributed by atoms with Crippen molar-refractivity contribution < 1.29 is 18.7 Å². The van der Waals surface area contributed by atoms with Crippen LogP contribution in [0.4, 0.5) is 0 Å². The van der Waals surface area contributed by atoms with Crippen LogP contribution in [-0.4, -0.2) is 18.1 Å². The number of hydrogen-bond acceptors (Lipinski definition) is 5. The molecule has 0 saturated carbocycles. The summed E-state index contributed by atoms with van der Waals surface area (Å²) in [5.41, 5.74) is 4.07. The Bertz CT molecular complexity index is 977. The summed E-state index contributed by atoms with van der Waals surface area (Å²) in [6.45, 7) is 0. The molecule has 0 saturated heterocycles. The lowest BCUT2D eigenvalue weighted by Crippen LogP contribution is -2.19. The van der Waals surface area contributed by atoms with E-state index in [0.717, 1.165) is 5.56 Å². The summed E-state index contributed by atoms with van der Waals surface area (Å²) in [4.78, 5) is 23.7. The fourth-order valence-electron chi connectivity index (χ4n) is 2.34. The molecular weight excluding hydrogens is 356 g/mol. The number of hydrazone groups is 1. The molecule has 1 N–H and O–H groups in total. The highest BCUT2D eigenvalue weighted by molar-refractivity contribution is 5.89. The smallest absolute Gasteiger partial charge is 0.336 e. The van der Waals surface area contributed by atoms with Crippen molar-refractivity contribution in [3.05, 3.63) is 96.0 Å². The van der Waals surface area contributed by atoms with E-state index in [4.69, 9.17) is 9.15 Å². The summed E-state index contributed by atoms with van der Waals surface area (Å²) in [5, 5.41) is 3.94. The first kappa shape index (κ1) is 18.8. The van der Waals surface area contributed by atoms with Crippen LogP contribution in [0.1, 0.15) is 16.9 Å². The zero-order valence-corrected chi connectivity index (χ0v) is 14.9. The van der Waals surface area contributed by atoms with E-state index < -0.39 is 5.97 Å². The molecule has 1 aromatic heterocycles. The molecule has 0 aliphatic rings. The van der Waals surface area contributed by atoms with Crippen molar-refractivity contribution in [2.24, 2.45) is 5.10 Å². The maximum absolute atomic E-state index is 11.9.